The van der Waals surface area contributed by atoms with Gasteiger partial charge in [0.2, 0.25) is 0 Å². The molecule has 1 aromatic carbocycles. The van der Waals surface area contributed by atoms with Gasteiger partial charge in [-0.3, -0.25) is 4.90 Å². The third-order valence-electron chi connectivity index (χ3n) is 4.51. The van der Waals surface area contributed by atoms with E-state index in [9.17, 15) is 5.11 Å². The van der Waals surface area contributed by atoms with Crippen molar-refractivity contribution in [1.29, 1.82) is 0 Å². The molecule has 110 valence electrons. The molecule has 0 radical (unpaired) electrons. The summed E-state index contributed by atoms with van der Waals surface area (Å²) in [6.07, 6.45) is 2.17. The molecule has 0 saturated carbocycles. The van der Waals surface area contributed by atoms with Gasteiger partial charge in [-0.25, -0.2) is 0 Å². The highest BCUT2D eigenvalue weighted by atomic mass is 16.5. The molecule has 0 spiro atoms. The van der Waals surface area contributed by atoms with Crippen LogP contribution in [0, 0.1) is 5.92 Å². The number of piperazine rings is 1. The molecule has 4 nitrogen and oxygen atoms in total. The van der Waals surface area contributed by atoms with E-state index in [1.165, 1.54) is 0 Å². The van der Waals surface area contributed by atoms with Crippen molar-refractivity contribution in [3.05, 3.63) is 29.8 Å². The van der Waals surface area contributed by atoms with Crippen LogP contribution in [0.5, 0.6) is 5.75 Å². The summed E-state index contributed by atoms with van der Waals surface area (Å²) in [5, 5.41) is 13.7. The first-order chi connectivity index (χ1) is 9.86. The fraction of sp³-hybridized carbons (Fsp3) is 0.625. The third-order valence-corrected chi connectivity index (χ3v) is 4.51. The van der Waals surface area contributed by atoms with Gasteiger partial charge in [-0.15, -0.1) is 0 Å². The first kappa shape index (κ1) is 13.9. The van der Waals surface area contributed by atoms with Gasteiger partial charge in [0, 0.05) is 51.0 Å². The van der Waals surface area contributed by atoms with Crippen molar-refractivity contribution in [3.8, 4) is 5.75 Å². The maximum absolute atomic E-state index is 10.3. The predicted molar refractivity (Wildman–Crippen MR) is 78.8 cm³/mol. The van der Waals surface area contributed by atoms with Gasteiger partial charge in [-0.05, 0) is 24.8 Å². The van der Waals surface area contributed by atoms with Crippen molar-refractivity contribution in [2.75, 3.05) is 39.4 Å². The normalized spacial score (nSPS) is 23.6. The molecule has 0 aromatic heterocycles. The lowest BCUT2D eigenvalue weighted by Crippen LogP contribution is -2.47. The number of ether oxygens (including phenoxy) is 1. The number of hydrogen-bond acceptors (Lipinski definition) is 4. The molecule has 3 rings (SSSR count). The Hall–Kier alpha value is -1.10. The Morgan fingerprint density at radius 1 is 1.15 bits per heavy atom. The van der Waals surface area contributed by atoms with Gasteiger partial charge in [-0.2, -0.15) is 0 Å². The molecule has 2 saturated heterocycles. The van der Waals surface area contributed by atoms with Gasteiger partial charge in [0.05, 0.1) is 0 Å². The van der Waals surface area contributed by atoms with Crippen LogP contribution in [0.1, 0.15) is 24.4 Å². The standard InChI is InChI=1S/C16H24N2O2/c19-15-4-2-1-3-14(15)16(13-5-11-20-12-6-13)18-9-7-17-8-10-18/h1-4,13,16-17,19H,5-12H2/t16-/m0/s1. The van der Waals surface area contributed by atoms with Crippen LogP contribution in [0.2, 0.25) is 0 Å². The highest BCUT2D eigenvalue weighted by Crippen LogP contribution is 2.38. The third kappa shape index (κ3) is 2.97. The lowest BCUT2D eigenvalue weighted by molar-refractivity contribution is 0.0206. The molecule has 2 aliphatic heterocycles. The van der Waals surface area contributed by atoms with Crippen LogP contribution in [0.3, 0.4) is 0 Å². The lowest BCUT2D eigenvalue weighted by Gasteiger charge is -2.41. The fourth-order valence-corrected chi connectivity index (χ4v) is 3.48. The zero-order chi connectivity index (χ0) is 13.8. The molecule has 0 bridgehead atoms. The summed E-state index contributed by atoms with van der Waals surface area (Å²) in [4.78, 5) is 2.53. The average Bonchev–Trinajstić information content (AvgIpc) is 2.52. The summed E-state index contributed by atoms with van der Waals surface area (Å²) in [7, 11) is 0. The first-order valence-corrected chi connectivity index (χ1v) is 7.66. The zero-order valence-electron chi connectivity index (χ0n) is 11.9. The molecule has 0 amide bonds. The molecular formula is C16H24N2O2. The first-order valence-electron chi connectivity index (χ1n) is 7.66. The number of aromatic hydroxyl groups is 1. The SMILES string of the molecule is Oc1ccccc1[C@H](C1CCOCC1)N1CCNCC1. The van der Waals surface area contributed by atoms with Gasteiger partial charge >= 0.3 is 0 Å². The summed E-state index contributed by atoms with van der Waals surface area (Å²) in [5.74, 6) is 1.01. The predicted octanol–water partition coefficient (Wildman–Crippen LogP) is 1.77. The Balaban J connectivity index is 1.87. The van der Waals surface area contributed by atoms with Crippen molar-refractivity contribution in [2.24, 2.45) is 5.92 Å². The van der Waals surface area contributed by atoms with Crippen LogP contribution in [0.25, 0.3) is 0 Å². The molecule has 1 atom stereocenters. The Kier molecular flexibility index (Phi) is 4.55. The second-order valence-electron chi connectivity index (χ2n) is 5.74. The molecule has 2 fully saturated rings. The summed E-state index contributed by atoms with van der Waals surface area (Å²) < 4.78 is 5.51. The number of para-hydroxylation sites is 1. The van der Waals surface area contributed by atoms with Crippen LogP contribution >= 0.6 is 0 Å². The van der Waals surface area contributed by atoms with E-state index in [2.05, 4.69) is 16.3 Å². The molecule has 0 unspecified atom stereocenters. The number of phenolic OH excluding ortho intramolecular Hbond substituents is 1. The van der Waals surface area contributed by atoms with E-state index in [0.717, 1.165) is 57.8 Å². The topological polar surface area (TPSA) is 44.7 Å². The Morgan fingerprint density at radius 3 is 2.55 bits per heavy atom. The van der Waals surface area contributed by atoms with Crippen molar-refractivity contribution >= 4 is 0 Å². The molecular weight excluding hydrogens is 252 g/mol. The van der Waals surface area contributed by atoms with Gasteiger partial charge in [0.1, 0.15) is 5.75 Å². The molecule has 20 heavy (non-hydrogen) atoms. The van der Waals surface area contributed by atoms with Crippen LogP contribution in [-0.4, -0.2) is 49.4 Å². The van der Waals surface area contributed by atoms with E-state index in [1.807, 2.05) is 18.2 Å². The monoisotopic (exact) mass is 276 g/mol. The fourth-order valence-electron chi connectivity index (χ4n) is 3.48. The number of phenols is 1. The largest absolute Gasteiger partial charge is 0.508 e. The number of benzene rings is 1. The van der Waals surface area contributed by atoms with E-state index in [4.69, 9.17) is 4.74 Å². The van der Waals surface area contributed by atoms with E-state index >= 15 is 0 Å². The summed E-state index contributed by atoms with van der Waals surface area (Å²) in [6.45, 7) is 5.87. The molecule has 2 heterocycles. The number of rotatable bonds is 3. The van der Waals surface area contributed by atoms with Crippen LogP contribution in [0.4, 0.5) is 0 Å². The van der Waals surface area contributed by atoms with Crippen LogP contribution in [-0.2, 0) is 4.74 Å². The Morgan fingerprint density at radius 2 is 1.85 bits per heavy atom. The second-order valence-corrected chi connectivity index (χ2v) is 5.74. The second kappa shape index (κ2) is 6.57. The van der Waals surface area contributed by atoms with Gasteiger partial charge in [0.15, 0.2) is 0 Å². The number of hydrogen-bond donors (Lipinski definition) is 2. The summed E-state index contributed by atoms with van der Waals surface area (Å²) in [5.41, 5.74) is 1.08. The number of nitrogens with one attached hydrogen (secondary N) is 1. The Labute approximate surface area is 120 Å². The molecule has 2 N–H and O–H groups in total. The van der Waals surface area contributed by atoms with Gasteiger partial charge in [-0.1, -0.05) is 18.2 Å². The van der Waals surface area contributed by atoms with Crippen molar-refractivity contribution in [1.82, 2.24) is 10.2 Å². The minimum absolute atomic E-state index is 0.321. The zero-order valence-corrected chi connectivity index (χ0v) is 11.9. The van der Waals surface area contributed by atoms with E-state index in [0.29, 0.717) is 17.7 Å². The van der Waals surface area contributed by atoms with Crippen molar-refractivity contribution < 1.29 is 9.84 Å². The maximum atomic E-state index is 10.3. The highest BCUT2D eigenvalue weighted by Gasteiger charge is 2.32. The quantitative estimate of drug-likeness (QED) is 0.883. The molecule has 2 aliphatic rings. The molecule has 0 aliphatic carbocycles. The van der Waals surface area contributed by atoms with Crippen LogP contribution < -0.4 is 5.32 Å². The smallest absolute Gasteiger partial charge is 0.120 e. The number of nitrogens with zero attached hydrogens (tertiary/aromatic N) is 1. The van der Waals surface area contributed by atoms with Gasteiger partial charge < -0.3 is 15.2 Å². The van der Waals surface area contributed by atoms with E-state index in [1.54, 1.807) is 0 Å². The Bertz CT molecular complexity index is 408. The highest BCUT2D eigenvalue weighted by molar-refractivity contribution is 5.35. The van der Waals surface area contributed by atoms with Crippen molar-refractivity contribution in [2.45, 2.75) is 18.9 Å². The van der Waals surface area contributed by atoms with Crippen LogP contribution in [0.15, 0.2) is 24.3 Å². The van der Waals surface area contributed by atoms with E-state index in [-0.39, 0.29) is 0 Å². The average molecular weight is 276 g/mol. The maximum Gasteiger partial charge on any atom is 0.120 e. The molecule has 1 aromatic rings. The summed E-state index contributed by atoms with van der Waals surface area (Å²) >= 11 is 0. The van der Waals surface area contributed by atoms with Crippen molar-refractivity contribution in [3.63, 3.8) is 0 Å². The summed E-state index contributed by atoms with van der Waals surface area (Å²) in [6, 6.07) is 8.14. The lowest BCUT2D eigenvalue weighted by atomic mass is 9.85. The minimum Gasteiger partial charge on any atom is -0.508 e. The van der Waals surface area contributed by atoms with E-state index < -0.39 is 0 Å². The molecule has 4 heteroatoms. The minimum atomic E-state index is 0.321. The van der Waals surface area contributed by atoms with Gasteiger partial charge in [0.25, 0.3) is 0 Å².